The summed E-state index contributed by atoms with van der Waals surface area (Å²) < 4.78 is 11.5. The van der Waals surface area contributed by atoms with E-state index in [0.717, 1.165) is 23.5 Å². The van der Waals surface area contributed by atoms with Gasteiger partial charge in [0, 0.05) is 17.9 Å². The molecule has 2 atom stereocenters. The number of ether oxygens (including phenoxy) is 2. The van der Waals surface area contributed by atoms with Gasteiger partial charge in [0.15, 0.2) is 11.5 Å². The number of likely N-dealkylation sites (N-methyl/N-ethyl adjacent to an activating group) is 1. The fourth-order valence-corrected chi connectivity index (χ4v) is 3.43. The van der Waals surface area contributed by atoms with Crippen molar-refractivity contribution >= 4 is 11.8 Å². The number of aliphatic hydroxyl groups is 1. The number of rotatable bonds is 6. The summed E-state index contributed by atoms with van der Waals surface area (Å²) in [6.07, 6.45) is 1.91. The summed E-state index contributed by atoms with van der Waals surface area (Å²) in [4.78, 5) is 0. The van der Waals surface area contributed by atoms with E-state index in [2.05, 4.69) is 5.32 Å². The van der Waals surface area contributed by atoms with Gasteiger partial charge in [-0.15, -0.1) is 0 Å². The number of benzene rings is 1. The number of para-hydroxylation sites is 1. The van der Waals surface area contributed by atoms with E-state index >= 15 is 0 Å². The van der Waals surface area contributed by atoms with E-state index in [4.69, 9.17) is 9.47 Å². The molecule has 1 aliphatic rings. The van der Waals surface area contributed by atoms with Gasteiger partial charge in [0.2, 0.25) is 0 Å². The van der Waals surface area contributed by atoms with Crippen LogP contribution in [0.5, 0.6) is 11.5 Å². The average Bonchev–Trinajstić information content (AvgIpc) is 2.48. The van der Waals surface area contributed by atoms with Crippen LogP contribution in [0, 0.1) is 0 Å². The molecule has 1 aromatic rings. The van der Waals surface area contributed by atoms with Crippen LogP contribution < -0.4 is 14.8 Å². The zero-order chi connectivity index (χ0) is 14.4. The molecule has 0 radical (unpaired) electrons. The Balaban J connectivity index is 2.17. The lowest BCUT2D eigenvalue weighted by atomic mass is 10.1. The lowest BCUT2D eigenvalue weighted by molar-refractivity contribution is 0.168. The highest BCUT2D eigenvalue weighted by molar-refractivity contribution is 7.99. The molecule has 0 aliphatic carbocycles. The molecule has 1 fully saturated rings. The number of nitrogens with one attached hydrogen (secondary N) is 1. The van der Waals surface area contributed by atoms with Crippen molar-refractivity contribution in [3.8, 4) is 11.5 Å². The van der Waals surface area contributed by atoms with E-state index in [1.807, 2.05) is 37.0 Å². The molecule has 2 N–H and O–H groups in total. The van der Waals surface area contributed by atoms with Gasteiger partial charge in [0.25, 0.3) is 0 Å². The molecule has 0 spiro atoms. The molecular formula is C15H23NO3S. The summed E-state index contributed by atoms with van der Waals surface area (Å²) >= 11 is 1.93. The van der Waals surface area contributed by atoms with E-state index in [-0.39, 0.29) is 6.10 Å². The molecule has 5 heteroatoms. The van der Waals surface area contributed by atoms with Crippen LogP contribution in [-0.4, -0.2) is 43.4 Å². The number of aliphatic hydroxyl groups excluding tert-OH is 1. The zero-order valence-corrected chi connectivity index (χ0v) is 12.9. The summed E-state index contributed by atoms with van der Waals surface area (Å²) in [7, 11) is 3.43. The lowest BCUT2D eigenvalue weighted by Gasteiger charge is -2.25. The average molecular weight is 297 g/mol. The van der Waals surface area contributed by atoms with Gasteiger partial charge in [-0.1, -0.05) is 12.1 Å². The van der Waals surface area contributed by atoms with Crippen LogP contribution in [0.4, 0.5) is 0 Å². The third-order valence-corrected chi connectivity index (χ3v) is 4.57. The molecule has 0 bridgehead atoms. The number of hydrogen-bond acceptors (Lipinski definition) is 5. The molecule has 0 aromatic heterocycles. The van der Waals surface area contributed by atoms with Crippen molar-refractivity contribution in [2.24, 2.45) is 0 Å². The second kappa shape index (κ2) is 7.76. The Kier molecular flexibility index (Phi) is 6.01. The van der Waals surface area contributed by atoms with Gasteiger partial charge in [-0.25, -0.2) is 0 Å². The predicted molar refractivity (Wildman–Crippen MR) is 82.9 cm³/mol. The summed E-state index contributed by atoms with van der Waals surface area (Å²) in [5.74, 6) is 3.61. The highest BCUT2D eigenvalue weighted by atomic mass is 32.2. The number of methoxy groups -OCH3 is 1. The van der Waals surface area contributed by atoms with Crippen LogP contribution in [0.15, 0.2) is 18.2 Å². The highest BCUT2D eigenvalue weighted by Crippen LogP contribution is 2.36. The van der Waals surface area contributed by atoms with Crippen LogP contribution in [0.2, 0.25) is 0 Å². The molecule has 20 heavy (non-hydrogen) atoms. The van der Waals surface area contributed by atoms with E-state index in [0.29, 0.717) is 12.3 Å². The first-order valence-electron chi connectivity index (χ1n) is 7.00. The monoisotopic (exact) mass is 297 g/mol. The topological polar surface area (TPSA) is 50.7 Å². The molecule has 1 aromatic carbocycles. The minimum absolute atomic E-state index is 0.236. The van der Waals surface area contributed by atoms with E-state index in [9.17, 15) is 5.11 Å². The molecule has 0 amide bonds. The second-order valence-corrected chi connectivity index (χ2v) is 6.06. The summed E-state index contributed by atoms with van der Waals surface area (Å²) in [6, 6.07) is 5.69. The minimum atomic E-state index is -0.598. The van der Waals surface area contributed by atoms with Gasteiger partial charge in [0.05, 0.1) is 13.2 Å². The van der Waals surface area contributed by atoms with Gasteiger partial charge >= 0.3 is 0 Å². The second-order valence-electron chi connectivity index (χ2n) is 4.91. The van der Waals surface area contributed by atoms with Gasteiger partial charge in [0.1, 0.15) is 6.10 Å². The molecule has 1 saturated heterocycles. The van der Waals surface area contributed by atoms with Crippen molar-refractivity contribution in [1.82, 2.24) is 5.32 Å². The van der Waals surface area contributed by atoms with Crippen LogP contribution in [0.1, 0.15) is 24.5 Å². The van der Waals surface area contributed by atoms with Crippen LogP contribution in [0.3, 0.4) is 0 Å². The Labute approximate surface area is 124 Å². The van der Waals surface area contributed by atoms with Crippen LogP contribution in [0.25, 0.3) is 0 Å². The summed E-state index contributed by atoms with van der Waals surface area (Å²) in [5, 5.41) is 13.1. The van der Waals surface area contributed by atoms with E-state index in [1.165, 1.54) is 12.2 Å². The first kappa shape index (κ1) is 15.5. The predicted octanol–water partition coefficient (Wildman–Crippen LogP) is 2.22. The lowest BCUT2D eigenvalue weighted by Crippen LogP contribution is -2.24. The molecule has 2 rings (SSSR count). The van der Waals surface area contributed by atoms with Gasteiger partial charge in [-0.3, -0.25) is 0 Å². The number of thioether (sulfide) groups is 1. The van der Waals surface area contributed by atoms with Gasteiger partial charge < -0.3 is 19.9 Å². The molecule has 1 aliphatic heterocycles. The smallest absolute Gasteiger partial charge is 0.166 e. The maximum atomic E-state index is 10.2. The Bertz CT molecular complexity index is 422. The molecule has 1 heterocycles. The van der Waals surface area contributed by atoms with Crippen molar-refractivity contribution < 1.29 is 14.6 Å². The maximum absolute atomic E-state index is 10.2. The largest absolute Gasteiger partial charge is 0.492 e. The molecule has 2 unspecified atom stereocenters. The third kappa shape index (κ3) is 3.81. The Morgan fingerprint density at radius 1 is 1.50 bits per heavy atom. The first-order chi connectivity index (χ1) is 9.76. The third-order valence-electron chi connectivity index (χ3n) is 3.38. The molecule has 112 valence electrons. The van der Waals surface area contributed by atoms with Crippen molar-refractivity contribution in [2.45, 2.75) is 25.0 Å². The fourth-order valence-electron chi connectivity index (χ4n) is 2.39. The minimum Gasteiger partial charge on any atom is -0.492 e. The first-order valence-corrected chi connectivity index (χ1v) is 8.15. The molecular weight excluding hydrogens is 274 g/mol. The van der Waals surface area contributed by atoms with E-state index in [1.54, 1.807) is 7.11 Å². The number of hydrogen-bond donors (Lipinski definition) is 2. The van der Waals surface area contributed by atoms with Crippen molar-refractivity contribution in [1.29, 1.82) is 0 Å². The van der Waals surface area contributed by atoms with Gasteiger partial charge in [-0.05, 0) is 31.7 Å². The SMILES string of the molecule is CNCC(O)c1cccc(OC2CCCSC2)c1OC. The molecule has 0 saturated carbocycles. The Morgan fingerprint density at radius 3 is 3.00 bits per heavy atom. The van der Waals surface area contributed by atoms with E-state index < -0.39 is 6.10 Å². The maximum Gasteiger partial charge on any atom is 0.166 e. The normalized spacial score (nSPS) is 20.4. The Morgan fingerprint density at radius 2 is 2.35 bits per heavy atom. The molecule has 4 nitrogen and oxygen atoms in total. The van der Waals surface area contributed by atoms with Gasteiger partial charge in [-0.2, -0.15) is 11.8 Å². The standard InChI is InChI=1S/C15H23NO3S/c1-16-9-13(17)12-6-3-7-14(15(12)18-2)19-11-5-4-8-20-10-11/h3,6-7,11,13,16-17H,4-5,8-10H2,1-2H3. The summed E-state index contributed by atoms with van der Waals surface area (Å²) in [6.45, 7) is 0.485. The summed E-state index contributed by atoms with van der Waals surface area (Å²) in [5.41, 5.74) is 0.766. The quantitative estimate of drug-likeness (QED) is 0.843. The van der Waals surface area contributed by atoms with Crippen molar-refractivity contribution in [3.05, 3.63) is 23.8 Å². The van der Waals surface area contributed by atoms with Crippen molar-refractivity contribution in [3.63, 3.8) is 0 Å². The fraction of sp³-hybridized carbons (Fsp3) is 0.600. The Hall–Kier alpha value is -0.910. The van der Waals surface area contributed by atoms with Crippen molar-refractivity contribution in [2.75, 3.05) is 32.2 Å². The van der Waals surface area contributed by atoms with Crippen LogP contribution in [-0.2, 0) is 0 Å². The highest BCUT2D eigenvalue weighted by Gasteiger charge is 2.20. The zero-order valence-electron chi connectivity index (χ0n) is 12.1. The van der Waals surface area contributed by atoms with Crippen LogP contribution >= 0.6 is 11.8 Å².